The monoisotopic (exact) mass is 307 g/mol. The van der Waals surface area contributed by atoms with Gasteiger partial charge < -0.3 is 9.88 Å². The zero-order valence-corrected chi connectivity index (χ0v) is 11.7. The number of aryl methyl sites for hydroxylation is 1. The number of nitrogens with zero attached hydrogens (tertiary/aromatic N) is 1. The molecule has 1 aliphatic rings. The molecule has 1 aromatic heterocycles. The second kappa shape index (κ2) is 6.32. The number of halogens is 3. The van der Waals surface area contributed by atoms with E-state index in [1.54, 1.807) is 6.92 Å². The van der Waals surface area contributed by atoms with E-state index in [-0.39, 0.29) is 18.0 Å². The maximum absolute atomic E-state index is 13.0. The molecule has 0 bridgehead atoms. The quantitative estimate of drug-likeness (QED) is 0.883. The van der Waals surface area contributed by atoms with E-state index in [0.29, 0.717) is 12.2 Å². The number of aromatic nitrogens is 1. The first-order valence-corrected chi connectivity index (χ1v) is 6.04. The van der Waals surface area contributed by atoms with E-state index < -0.39 is 30.8 Å². The van der Waals surface area contributed by atoms with Gasteiger partial charge in [-0.1, -0.05) is 0 Å². The largest absolute Gasteiger partial charge is 0.323 e. The number of anilines is 1. The van der Waals surface area contributed by atoms with Crippen LogP contribution in [0.5, 0.6) is 0 Å². The maximum Gasteiger partial charge on any atom is 0.262 e. The van der Waals surface area contributed by atoms with Gasteiger partial charge in [0, 0.05) is 25.2 Å². The summed E-state index contributed by atoms with van der Waals surface area (Å²) < 4.78 is 27.4. The van der Waals surface area contributed by atoms with Crippen LogP contribution in [0.3, 0.4) is 0 Å². The lowest BCUT2D eigenvalue weighted by Crippen LogP contribution is -2.35. The number of pyridine rings is 1. The van der Waals surface area contributed by atoms with Crippen molar-refractivity contribution in [2.45, 2.75) is 31.9 Å². The Kier molecular flexibility index (Phi) is 5.24. The third kappa shape index (κ3) is 3.77. The second-order valence-corrected chi connectivity index (χ2v) is 4.52. The van der Waals surface area contributed by atoms with Crippen LogP contribution in [0, 0.1) is 0 Å². The molecular weight excluding hydrogens is 292 g/mol. The molecule has 0 spiro atoms. The van der Waals surface area contributed by atoms with Crippen LogP contribution in [0.15, 0.2) is 23.1 Å². The average Bonchev–Trinajstić information content (AvgIpc) is 2.72. The highest BCUT2D eigenvalue weighted by molar-refractivity contribution is 5.95. The lowest BCUT2D eigenvalue weighted by atomic mass is 10.2. The van der Waals surface area contributed by atoms with E-state index in [4.69, 9.17) is 0 Å². The molecule has 1 unspecified atom stereocenters. The van der Waals surface area contributed by atoms with Gasteiger partial charge in [-0.25, -0.2) is 8.78 Å². The Morgan fingerprint density at radius 2 is 2.25 bits per heavy atom. The molecule has 0 aromatic carbocycles. The normalized spacial score (nSPS) is 20.2. The number of nitrogens with one attached hydrogen (secondary N) is 2. The first kappa shape index (κ1) is 16.6. The Bertz CT molecular complexity index is 548. The predicted octanol–water partition coefficient (Wildman–Crippen LogP) is 1.23. The Hall–Kier alpha value is -1.47. The summed E-state index contributed by atoms with van der Waals surface area (Å²) >= 11 is 0. The molecule has 112 valence electrons. The molecule has 20 heavy (non-hydrogen) atoms. The van der Waals surface area contributed by atoms with E-state index >= 15 is 0 Å². The van der Waals surface area contributed by atoms with Gasteiger partial charge in [-0.15, -0.1) is 12.4 Å². The molecule has 1 aliphatic heterocycles. The number of alkyl halides is 2. The molecule has 1 atom stereocenters. The summed E-state index contributed by atoms with van der Waals surface area (Å²) in [5.74, 6) is -3.36. The summed E-state index contributed by atoms with van der Waals surface area (Å²) in [7, 11) is 0. The van der Waals surface area contributed by atoms with Crippen molar-refractivity contribution in [2.75, 3.05) is 11.9 Å². The van der Waals surface area contributed by atoms with Crippen LogP contribution in [-0.4, -0.2) is 29.0 Å². The van der Waals surface area contributed by atoms with E-state index in [0.717, 1.165) is 0 Å². The number of amides is 1. The molecule has 8 heteroatoms. The zero-order valence-electron chi connectivity index (χ0n) is 10.9. The summed E-state index contributed by atoms with van der Waals surface area (Å²) in [5.41, 5.74) is 0.245. The highest BCUT2D eigenvalue weighted by Gasteiger charge is 2.42. The number of carbonyl (C=O) groups excluding carboxylic acids is 1. The van der Waals surface area contributed by atoms with Crippen LogP contribution in [0.4, 0.5) is 14.5 Å². The molecule has 1 aromatic rings. The third-order valence-electron chi connectivity index (χ3n) is 3.02. The highest BCUT2D eigenvalue weighted by atomic mass is 35.5. The van der Waals surface area contributed by atoms with Gasteiger partial charge in [0.05, 0.1) is 18.3 Å². The minimum Gasteiger partial charge on any atom is -0.323 e. The molecule has 1 amide bonds. The predicted molar refractivity (Wildman–Crippen MR) is 73.6 cm³/mol. The van der Waals surface area contributed by atoms with Crippen molar-refractivity contribution in [3.8, 4) is 0 Å². The molecule has 2 N–H and O–H groups in total. The summed E-state index contributed by atoms with van der Waals surface area (Å²) in [6.45, 7) is 1.79. The van der Waals surface area contributed by atoms with E-state index in [1.807, 2.05) is 0 Å². The number of hydrogen-bond acceptors (Lipinski definition) is 3. The minimum absolute atomic E-state index is 0. The van der Waals surface area contributed by atoms with Crippen LogP contribution in [0.2, 0.25) is 0 Å². The molecule has 2 heterocycles. The van der Waals surface area contributed by atoms with Crippen molar-refractivity contribution >= 4 is 24.0 Å². The van der Waals surface area contributed by atoms with Gasteiger partial charge in [-0.3, -0.25) is 14.9 Å². The third-order valence-corrected chi connectivity index (χ3v) is 3.02. The number of hydrogen-bond donors (Lipinski definition) is 2. The van der Waals surface area contributed by atoms with Gasteiger partial charge in [0.25, 0.3) is 11.5 Å². The zero-order chi connectivity index (χ0) is 14.0. The standard InChI is InChI=1S/C12H15F2N3O2.ClH/c1-2-17-6-8(3-4-10(17)18)16-11(19)9-5-12(13,14)7-15-9;/h3-4,6,9,15H,2,5,7H2,1H3,(H,16,19);1H. The van der Waals surface area contributed by atoms with Crippen LogP contribution in [0.25, 0.3) is 0 Å². The van der Waals surface area contributed by atoms with Crippen LogP contribution in [-0.2, 0) is 11.3 Å². The summed E-state index contributed by atoms with van der Waals surface area (Å²) in [4.78, 5) is 23.2. The summed E-state index contributed by atoms with van der Waals surface area (Å²) in [6, 6.07) is 1.88. The maximum atomic E-state index is 13.0. The van der Waals surface area contributed by atoms with Crippen LogP contribution in [0.1, 0.15) is 13.3 Å². The minimum atomic E-state index is -2.84. The first-order chi connectivity index (χ1) is 8.91. The van der Waals surface area contributed by atoms with Crippen molar-refractivity contribution in [3.05, 3.63) is 28.7 Å². The van der Waals surface area contributed by atoms with Gasteiger partial charge in [0.2, 0.25) is 5.91 Å². The fraction of sp³-hybridized carbons (Fsp3) is 0.500. The molecule has 1 fully saturated rings. The van der Waals surface area contributed by atoms with Crippen molar-refractivity contribution in [1.29, 1.82) is 0 Å². The van der Waals surface area contributed by atoms with E-state index in [1.165, 1.54) is 22.9 Å². The molecule has 2 rings (SSSR count). The van der Waals surface area contributed by atoms with Crippen molar-refractivity contribution in [3.63, 3.8) is 0 Å². The summed E-state index contributed by atoms with van der Waals surface area (Å²) in [6.07, 6.45) is 0.986. The van der Waals surface area contributed by atoms with E-state index in [9.17, 15) is 18.4 Å². The lowest BCUT2D eigenvalue weighted by Gasteiger charge is -2.12. The second-order valence-electron chi connectivity index (χ2n) is 4.52. The smallest absolute Gasteiger partial charge is 0.262 e. The van der Waals surface area contributed by atoms with Gasteiger partial charge in [0.15, 0.2) is 0 Å². The molecule has 0 radical (unpaired) electrons. The molecule has 0 saturated carbocycles. The molecular formula is C12H16ClF2N3O2. The molecule has 0 aliphatic carbocycles. The average molecular weight is 308 g/mol. The van der Waals surface area contributed by atoms with E-state index in [2.05, 4.69) is 10.6 Å². The SMILES string of the molecule is CCn1cc(NC(=O)C2CC(F)(F)CN2)ccc1=O.Cl. The topological polar surface area (TPSA) is 63.1 Å². The summed E-state index contributed by atoms with van der Waals surface area (Å²) in [5, 5.41) is 5.01. The Balaban J connectivity index is 0.00000200. The Morgan fingerprint density at radius 1 is 1.55 bits per heavy atom. The van der Waals surface area contributed by atoms with Gasteiger partial charge in [0.1, 0.15) is 0 Å². The number of rotatable bonds is 3. The van der Waals surface area contributed by atoms with Crippen molar-refractivity contribution < 1.29 is 13.6 Å². The van der Waals surface area contributed by atoms with Gasteiger partial charge in [-0.05, 0) is 13.0 Å². The van der Waals surface area contributed by atoms with Crippen molar-refractivity contribution in [2.24, 2.45) is 0 Å². The molecule has 5 nitrogen and oxygen atoms in total. The fourth-order valence-electron chi connectivity index (χ4n) is 1.98. The Labute approximate surface area is 120 Å². The van der Waals surface area contributed by atoms with Gasteiger partial charge in [-0.2, -0.15) is 0 Å². The van der Waals surface area contributed by atoms with Crippen LogP contribution >= 0.6 is 12.4 Å². The van der Waals surface area contributed by atoms with Crippen LogP contribution < -0.4 is 16.2 Å². The molecule has 1 saturated heterocycles. The number of carbonyl (C=O) groups is 1. The lowest BCUT2D eigenvalue weighted by molar-refractivity contribution is -0.118. The fourth-order valence-corrected chi connectivity index (χ4v) is 1.98. The Morgan fingerprint density at radius 3 is 2.80 bits per heavy atom. The van der Waals surface area contributed by atoms with Crippen molar-refractivity contribution in [1.82, 2.24) is 9.88 Å². The first-order valence-electron chi connectivity index (χ1n) is 6.04. The van der Waals surface area contributed by atoms with Gasteiger partial charge >= 0.3 is 0 Å². The highest BCUT2D eigenvalue weighted by Crippen LogP contribution is 2.25.